The van der Waals surface area contributed by atoms with E-state index in [9.17, 15) is 4.21 Å². The number of benzene rings is 1. The summed E-state index contributed by atoms with van der Waals surface area (Å²) in [5, 5.41) is 7.27. The lowest BCUT2D eigenvalue weighted by Gasteiger charge is -2.05. The molecule has 0 aromatic heterocycles. The Balaban J connectivity index is 3.34. The van der Waals surface area contributed by atoms with Gasteiger partial charge in [-0.25, -0.2) is 4.21 Å². The van der Waals surface area contributed by atoms with E-state index in [-0.39, 0.29) is 10.7 Å². The molecule has 0 saturated carbocycles. The molecule has 1 atom stereocenters. The standard InChI is InChI=1S/C9H10N2O2S/c1-2-6-3-4-7(14(12)13)5-8(6)9(10)11/h2-5H,1H2,(H3,10,11)(H,12,13). The minimum Gasteiger partial charge on any atom is -0.384 e. The van der Waals surface area contributed by atoms with E-state index in [2.05, 4.69) is 6.58 Å². The summed E-state index contributed by atoms with van der Waals surface area (Å²) in [7, 11) is 0. The van der Waals surface area contributed by atoms with E-state index in [4.69, 9.17) is 15.7 Å². The van der Waals surface area contributed by atoms with Crippen LogP contribution in [0.3, 0.4) is 0 Å². The first kappa shape index (κ1) is 10.6. The number of hydrogen-bond donors (Lipinski definition) is 3. The van der Waals surface area contributed by atoms with Crippen LogP contribution in [0.1, 0.15) is 11.1 Å². The fourth-order valence-electron chi connectivity index (χ4n) is 1.06. The molecule has 0 amide bonds. The summed E-state index contributed by atoms with van der Waals surface area (Å²) in [6.07, 6.45) is 1.54. The Morgan fingerprint density at radius 2 is 2.29 bits per heavy atom. The van der Waals surface area contributed by atoms with Crippen molar-refractivity contribution < 1.29 is 8.76 Å². The Morgan fingerprint density at radius 1 is 1.64 bits per heavy atom. The molecular formula is C9H10N2O2S. The van der Waals surface area contributed by atoms with Crippen molar-refractivity contribution in [1.29, 1.82) is 5.41 Å². The Labute approximate surface area is 84.2 Å². The fourth-order valence-corrected chi connectivity index (χ4v) is 1.46. The van der Waals surface area contributed by atoms with E-state index in [1.807, 2.05) is 0 Å². The average molecular weight is 210 g/mol. The van der Waals surface area contributed by atoms with E-state index < -0.39 is 11.1 Å². The van der Waals surface area contributed by atoms with Crippen LogP contribution in [0, 0.1) is 5.41 Å². The van der Waals surface area contributed by atoms with Crippen LogP contribution in [-0.2, 0) is 11.1 Å². The highest BCUT2D eigenvalue weighted by atomic mass is 32.2. The van der Waals surface area contributed by atoms with Crippen molar-refractivity contribution in [3.8, 4) is 0 Å². The van der Waals surface area contributed by atoms with Crippen molar-refractivity contribution in [3.63, 3.8) is 0 Å². The number of amidine groups is 1. The Kier molecular flexibility index (Phi) is 3.16. The normalized spacial score (nSPS) is 12.1. The van der Waals surface area contributed by atoms with Crippen LogP contribution in [0.4, 0.5) is 0 Å². The van der Waals surface area contributed by atoms with Crippen molar-refractivity contribution in [3.05, 3.63) is 35.9 Å². The highest BCUT2D eigenvalue weighted by Crippen LogP contribution is 2.14. The summed E-state index contributed by atoms with van der Waals surface area (Å²) in [5.41, 5.74) is 6.40. The number of hydrogen-bond acceptors (Lipinski definition) is 2. The van der Waals surface area contributed by atoms with Gasteiger partial charge in [-0.2, -0.15) is 0 Å². The van der Waals surface area contributed by atoms with Crippen LogP contribution in [0.25, 0.3) is 6.08 Å². The first-order chi connectivity index (χ1) is 6.56. The van der Waals surface area contributed by atoms with Crippen LogP contribution in [0.15, 0.2) is 29.7 Å². The van der Waals surface area contributed by atoms with E-state index in [0.717, 1.165) is 0 Å². The van der Waals surface area contributed by atoms with Crippen LogP contribution < -0.4 is 5.73 Å². The van der Waals surface area contributed by atoms with Crippen LogP contribution in [0.5, 0.6) is 0 Å². The van der Waals surface area contributed by atoms with Gasteiger partial charge in [-0.3, -0.25) is 5.41 Å². The van der Waals surface area contributed by atoms with E-state index in [1.165, 1.54) is 12.1 Å². The maximum atomic E-state index is 10.7. The molecule has 1 unspecified atom stereocenters. The minimum absolute atomic E-state index is 0.146. The Morgan fingerprint density at radius 3 is 2.71 bits per heavy atom. The second-order valence-electron chi connectivity index (χ2n) is 2.62. The SMILES string of the molecule is C=Cc1ccc(S(=O)O)cc1C(=N)N. The molecule has 0 radical (unpaired) electrons. The second kappa shape index (κ2) is 4.17. The van der Waals surface area contributed by atoms with Crippen LogP contribution >= 0.6 is 0 Å². The second-order valence-corrected chi connectivity index (χ2v) is 3.59. The lowest BCUT2D eigenvalue weighted by Crippen LogP contribution is -2.13. The summed E-state index contributed by atoms with van der Waals surface area (Å²) in [6, 6.07) is 4.52. The van der Waals surface area contributed by atoms with Gasteiger partial charge in [-0.1, -0.05) is 18.7 Å². The lowest BCUT2D eigenvalue weighted by molar-refractivity contribution is 0.564. The molecule has 4 nitrogen and oxygen atoms in total. The highest BCUT2D eigenvalue weighted by molar-refractivity contribution is 7.79. The summed E-state index contributed by atoms with van der Waals surface area (Å²) >= 11 is -2.05. The van der Waals surface area contributed by atoms with Crippen LogP contribution in [-0.4, -0.2) is 14.6 Å². The predicted octanol–water partition coefficient (Wildman–Crippen LogP) is 1.19. The van der Waals surface area contributed by atoms with Gasteiger partial charge < -0.3 is 10.3 Å². The molecule has 0 bridgehead atoms. The Bertz CT molecular complexity index is 415. The topological polar surface area (TPSA) is 87.2 Å². The van der Waals surface area contributed by atoms with Crippen molar-refractivity contribution >= 4 is 23.0 Å². The summed E-state index contributed by atoms with van der Waals surface area (Å²) in [6.45, 7) is 3.56. The van der Waals surface area contributed by atoms with Gasteiger partial charge in [0.05, 0.1) is 4.90 Å². The van der Waals surface area contributed by atoms with E-state index >= 15 is 0 Å². The number of nitrogen functional groups attached to an aromatic ring is 1. The number of nitrogens with one attached hydrogen (secondary N) is 1. The highest BCUT2D eigenvalue weighted by Gasteiger charge is 2.06. The molecule has 0 spiro atoms. The third kappa shape index (κ3) is 2.07. The van der Waals surface area contributed by atoms with Gasteiger partial charge in [0.15, 0.2) is 11.1 Å². The zero-order valence-electron chi connectivity index (χ0n) is 7.36. The van der Waals surface area contributed by atoms with Gasteiger partial charge in [0.1, 0.15) is 5.84 Å². The fraction of sp³-hybridized carbons (Fsp3) is 0. The molecule has 1 aromatic rings. The van der Waals surface area contributed by atoms with Gasteiger partial charge >= 0.3 is 0 Å². The summed E-state index contributed by atoms with van der Waals surface area (Å²) < 4.78 is 19.6. The quantitative estimate of drug-likeness (QED) is 0.398. The third-order valence-electron chi connectivity index (χ3n) is 1.74. The summed E-state index contributed by atoms with van der Waals surface area (Å²) in [5.74, 6) is -0.146. The molecular weight excluding hydrogens is 200 g/mol. The average Bonchev–Trinajstić information content (AvgIpc) is 2.16. The van der Waals surface area contributed by atoms with E-state index in [1.54, 1.807) is 12.1 Å². The zero-order valence-corrected chi connectivity index (χ0v) is 8.17. The van der Waals surface area contributed by atoms with Crippen molar-refractivity contribution in [2.75, 3.05) is 0 Å². The smallest absolute Gasteiger partial charge is 0.186 e. The molecule has 0 fully saturated rings. The van der Waals surface area contributed by atoms with Crippen LogP contribution in [0.2, 0.25) is 0 Å². The summed E-state index contributed by atoms with van der Waals surface area (Å²) in [4.78, 5) is 0.223. The van der Waals surface area contributed by atoms with Gasteiger partial charge in [0.2, 0.25) is 0 Å². The maximum Gasteiger partial charge on any atom is 0.186 e. The van der Waals surface area contributed by atoms with E-state index in [0.29, 0.717) is 11.1 Å². The molecule has 0 aliphatic heterocycles. The lowest BCUT2D eigenvalue weighted by atomic mass is 10.1. The molecule has 4 N–H and O–H groups in total. The van der Waals surface area contributed by atoms with Gasteiger partial charge in [0.25, 0.3) is 0 Å². The van der Waals surface area contributed by atoms with Gasteiger partial charge in [0, 0.05) is 5.56 Å². The molecule has 1 rings (SSSR count). The minimum atomic E-state index is -2.05. The first-order valence-corrected chi connectivity index (χ1v) is 4.88. The zero-order chi connectivity index (χ0) is 10.7. The molecule has 14 heavy (non-hydrogen) atoms. The molecule has 74 valence electrons. The molecule has 5 heteroatoms. The molecule has 0 saturated heterocycles. The van der Waals surface area contributed by atoms with Crippen molar-refractivity contribution in [2.24, 2.45) is 5.73 Å². The van der Waals surface area contributed by atoms with Gasteiger partial charge in [-0.15, -0.1) is 0 Å². The monoisotopic (exact) mass is 210 g/mol. The Hall–Kier alpha value is -1.46. The largest absolute Gasteiger partial charge is 0.384 e. The number of nitrogens with two attached hydrogens (primary N) is 1. The molecule has 1 aromatic carbocycles. The predicted molar refractivity (Wildman–Crippen MR) is 56.6 cm³/mol. The third-order valence-corrected chi connectivity index (χ3v) is 2.39. The molecule has 0 heterocycles. The molecule has 0 aliphatic carbocycles. The van der Waals surface area contributed by atoms with Crippen molar-refractivity contribution in [2.45, 2.75) is 4.90 Å². The number of rotatable bonds is 3. The van der Waals surface area contributed by atoms with Gasteiger partial charge in [-0.05, 0) is 17.7 Å². The molecule has 0 aliphatic rings. The van der Waals surface area contributed by atoms with Crippen molar-refractivity contribution in [1.82, 2.24) is 0 Å². The first-order valence-electron chi connectivity index (χ1n) is 3.78. The maximum absolute atomic E-state index is 10.7.